The number of hydrogen-bond donors (Lipinski definition) is 1. The number of carbonyl (C=O) groups is 1. The van der Waals surface area contributed by atoms with Crippen LogP contribution in [0.3, 0.4) is 0 Å². The van der Waals surface area contributed by atoms with Crippen molar-refractivity contribution in [3.63, 3.8) is 0 Å². The fourth-order valence-corrected chi connectivity index (χ4v) is 2.04. The van der Waals surface area contributed by atoms with Crippen molar-refractivity contribution in [1.82, 2.24) is 5.43 Å². The first kappa shape index (κ1) is 14.1. The summed E-state index contributed by atoms with van der Waals surface area (Å²) >= 11 is 0. The molecule has 0 aliphatic rings. The first-order valence-electron chi connectivity index (χ1n) is 6.70. The fourth-order valence-electron chi connectivity index (χ4n) is 2.04. The second kappa shape index (κ2) is 6.24. The van der Waals surface area contributed by atoms with Crippen molar-refractivity contribution in [2.45, 2.75) is 20.3 Å². The number of hydrogen-bond acceptors (Lipinski definition) is 2. The van der Waals surface area contributed by atoms with Crippen molar-refractivity contribution in [1.29, 1.82) is 0 Å². The highest BCUT2D eigenvalue weighted by molar-refractivity contribution is 5.80. The van der Waals surface area contributed by atoms with Crippen LogP contribution < -0.4 is 10.4 Å². The minimum atomic E-state index is -0.0143. The molecule has 0 fully saturated rings. The fraction of sp³-hybridized carbons (Fsp3) is 0.235. The molecule has 0 radical (unpaired) electrons. The van der Waals surface area contributed by atoms with Crippen LogP contribution in [0, 0.1) is 13.8 Å². The van der Waals surface area contributed by atoms with Gasteiger partial charge >= 0.3 is 0 Å². The summed E-state index contributed by atoms with van der Waals surface area (Å²) in [7, 11) is 1.84. The average Bonchev–Trinajstić information content (AvgIpc) is 2.44. The maximum atomic E-state index is 12.0. The molecule has 2 rings (SSSR count). The Morgan fingerprint density at radius 3 is 2.40 bits per heavy atom. The summed E-state index contributed by atoms with van der Waals surface area (Å²) in [6.07, 6.45) is 0.387. The Kier molecular flexibility index (Phi) is 4.41. The van der Waals surface area contributed by atoms with Gasteiger partial charge in [0.05, 0.1) is 12.1 Å². The predicted octanol–water partition coefficient (Wildman–Crippen LogP) is 3.01. The number of anilines is 1. The van der Waals surface area contributed by atoms with E-state index in [-0.39, 0.29) is 5.91 Å². The van der Waals surface area contributed by atoms with Gasteiger partial charge in [0.2, 0.25) is 5.91 Å². The van der Waals surface area contributed by atoms with Crippen LogP contribution in [0.15, 0.2) is 48.5 Å². The topological polar surface area (TPSA) is 32.3 Å². The highest BCUT2D eigenvalue weighted by atomic mass is 16.2. The highest BCUT2D eigenvalue weighted by Gasteiger charge is 2.07. The number of rotatable bonds is 4. The van der Waals surface area contributed by atoms with Gasteiger partial charge in [-0.1, -0.05) is 36.4 Å². The number of para-hydroxylation sites is 1. The molecule has 0 saturated heterocycles. The van der Waals surface area contributed by atoms with Crippen LogP contribution in [0.5, 0.6) is 0 Å². The summed E-state index contributed by atoms with van der Waals surface area (Å²) < 4.78 is 0. The summed E-state index contributed by atoms with van der Waals surface area (Å²) in [6, 6.07) is 15.9. The molecule has 0 bridgehead atoms. The molecule has 0 atom stereocenters. The van der Waals surface area contributed by atoms with Crippen LogP contribution in [-0.2, 0) is 11.2 Å². The maximum absolute atomic E-state index is 12.0. The molecule has 0 aromatic heterocycles. The van der Waals surface area contributed by atoms with Gasteiger partial charge < -0.3 is 0 Å². The molecule has 0 unspecified atom stereocenters. The lowest BCUT2D eigenvalue weighted by atomic mass is 10.0. The van der Waals surface area contributed by atoms with E-state index in [4.69, 9.17) is 0 Å². The number of benzene rings is 2. The SMILES string of the molecule is Cc1ccc(CC(=O)NN(C)c2ccccc2)cc1C. The minimum absolute atomic E-state index is 0.0143. The minimum Gasteiger partial charge on any atom is -0.289 e. The Bertz CT molecular complexity index is 593. The lowest BCUT2D eigenvalue weighted by molar-refractivity contribution is -0.120. The van der Waals surface area contributed by atoms with Crippen molar-refractivity contribution in [2.75, 3.05) is 12.1 Å². The largest absolute Gasteiger partial charge is 0.289 e. The van der Waals surface area contributed by atoms with Gasteiger partial charge in [-0.3, -0.25) is 15.2 Å². The lowest BCUT2D eigenvalue weighted by Gasteiger charge is -2.20. The van der Waals surface area contributed by atoms with E-state index >= 15 is 0 Å². The van der Waals surface area contributed by atoms with E-state index in [1.807, 2.05) is 43.4 Å². The van der Waals surface area contributed by atoms with Gasteiger partial charge in [-0.25, -0.2) is 0 Å². The average molecular weight is 268 g/mol. The normalized spacial score (nSPS) is 10.2. The Balaban J connectivity index is 1.97. The second-order valence-corrected chi connectivity index (χ2v) is 5.02. The van der Waals surface area contributed by atoms with Crippen molar-refractivity contribution in [3.05, 3.63) is 65.2 Å². The summed E-state index contributed by atoms with van der Waals surface area (Å²) in [6.45, 7) is 4.13. The van der Waals surface area contributed by atoms with E-state index in [1.165, 1.54) is 11.1 Å². The summed E-state index contributed by atoms with van der Waals surface area (Å²) in [4.78, 5) is 12.0. The molecule has 0 aliphatic carbocycles. The van der Waals surface area contributed by atoms with Gasteiger partial charge in [0.1, 0.15) is 0 Å². The summed E-state index contributed by atoms with van der Waals surface area (Å²) in [5.41, 5.74) is 7.33. The van der Waals surface area contributed by atoms with Crippen molar-refractivity contribution < 1.29 is 4.79 Å². The molecule has 0 saturated carbocycles. The predicted molar refractivity (Wildman–Crippen MR) is 82.6 cm³/mol. The third kappa shape index (κ3) is 3.60. The zero-order chi connectivity index (χ0) is 14.5. The van der Waals surface area contributed by atoms with E-state index < -0.39 is 0 Å². The van der Waals surface area contributed by atoms with Gasteiger partial charge in [0.15, 0.2) is 0 Å². The van der Waals surface area contributed by atoms with Gasteiger partial charge in [0, 0.05) is 7.05 Å². The smallest absolute Gasteiger partial charge is 0.242 e. The molecule has 1 N–H and O–H groups in total. The van der Waals surface area contributed by atoms with Gasteiger partial charge in [-0.05, 0) is 42.7 Å². The number of nitrogens with one attached hydrogen (secondary N) is 1. The lowest BCUT2D eigenvalue weighted by Crippen LogP contribution is -2.40. The first-order valence-corrected chi connectivity index (χ1v) is 6.70. The van der Waals surface area contributed by atoms with Crippen LogP contribution in [-0.4, -0.2) is 13.0 Å². The van der Waals surface area contributed by atoms with Crippen molar-refractivity contribution >= 4 is 11.6 Å². The molecule has 0 heterocycles. The quantitative estimate of drug-likeness (QED) is 0.865. The zero-order valence-electron chi connectivity index (χ0n) is 12.2. The van der Waals surface area contributed by atoms with E-state index in [2.05, 4.69) is 31.4 Å². The molecule has 1 amide bonds. The van der Waals surface area contributed by atoms with Crippen LogP contribution >= 0.6 is 0 Å². The number of aryl methyl sites for hydroxylation is 2. The van der Waals surface area contributed by atoms with E-state index in [0.29, 0.717) is 6.42 Å². The second-order valence-electron chi connectivity index (χ2n) is 5.02. The Labute approximate surface area is 120 Å². The third-order valence-corrected chi connectivity index (χ3v) is 3.37. The molecule has 2 aromatic carbocycles. The first-order chi connectivity index (χ1) is 9.56. The molecule has 3 heteroatoms. The molecule has 3 nitrogen and oxygen atoms in total. The van der Waals surface area contributed by atoms with E-state index in [1.54, 1.807) is 5.01 Å². The molecule has 0 aliphatic heterocycles. The van der Waals surface area contributed by atoms with Crippen LogP contribution in [0.25, 0.3) is 0 Å². The maximum Gasteiger partial charge on any atom is 0.242 e. The molecular formula is C17H20N2O. The standard InChI is InChI=1S/C17H20N2O/c1-13-9-10-15(11-14(13)2)12-17(20)18-19(3)16-7-5-4-6-8-16/h4-11H,12H2,1-3H3,(H,18,20). The number of carbonyl (C=O) groups excluding carboxylic acids is 1. The van der Waals surface area contributed by atoms with Crippen molar-refractivity contribution in [2.24, 2.45) is 0 Å². The van der Waals surface area contributed by atoms with Crippen LogP contribution in [0.4, 0.5) is 5.69 Å². The van der Waals surface area contributed by atoms with Crippen LogP contribution in [0.2, 0.25) is 0 Å². The molecule has 0 spiro atoms. The molecule has 20 heavy (non-hydrogen) atoms. The summed E-state index contributed by atoms with van der Waals surface area (Å²) in [5.74, 6) is -0.0143. The zero-order valence-corrected chi connectivity index (χ0v) is 12.2. The highest BCUT2D eigenvalue weighted by Crippen LogP contribution is 2.11. The monoisotopic (exact) mass is 268 g/mol. The van der Waals surface area contributed by atoms with Crippen LogP contribution in [0.1, 0.15) is 16.7 Å². The molecule has 104 valence electrons. The molecule has 2 aromatic rings. The van der Waals surface area contributed by atoms with Gasteiger partial charge in [-0.2, -0.15) is 0 Å². The Hall–Kier alpha value is -2.29. The van der Waals surface area contributed by atoms with E-state index in [9.17, 15) is 4.79 Å². The van der Waals surface area contributed by atoms with E-state index in [0.717, 1.165) is 11.3 Å². The third-order valence-electron chi connectivity index (χ3n) is 3.37. The van der Waals surface area contributed by atoms with Crippen molar-refractivity contribution in [3.8, 4) is 0 Å². The Morgan fingerprint density at radius 2 is 1.75 bits per heavy atom. The Morgan fingerprint density at radius 1 is 1.05 bits per heavy atom. The van der Waals surface area contributed by atoms with Gasteiger partial charge in [0.25, 0.3) is 0 Å². The number of nitrogens with zero attached hydrogens (tertiary/aromatic N) is 1. The number of hydrazine groups is 1. The van der Waals surface area contributed by atoms with Gasteiger partial charge in [-0.15, -0.1) is 0 Å². The number of amides is 1. The molecular weight excluding hydrogens is 248 g/mol. The summed E-state index contributed by atoms with van der Waals surface area (Å²) in [5, 5.41) is 1.74.